The summed E-state index contributed by atoms with van der Waals surface area (Å²) in [4.78, 5) is 38.0. The molecule has 0 aromatic carbocycles. The van der Waals surface area contributed by atoms with Gasteiger partial charge in [-0.25, -0.2) is 0 Å². The Morgan fingerprint density at radius 1 is 1.18 bits per heavy atom. The highest BCUT2D eigenvalue weighted by Gasteiger charge is 2.78. The van der Waals surface area contributed by atoms with E-state index in [9.17, 15) is 19.5 Å². The number of furan rings is 1. The van der Waals surface area contributed by atoms with E-state index in [1.165, 1.54) is 14.0 Å². The molecule has 3 aliphatic carbocycles. The minimum atomic E-state index is -1.65. The van der Waals surface area contributed by atoms with Crippen LogP contribution in [0.2, 0.25) is 0 Å². The van der Waals surface area contributed by atoms with Crippen molar-refractivity contribution in [2.24, 2.45) is 39.9 Å². The van der Waals surface area contributed by atoms with E-state index < -0.39 is 46.1 Å². The Balaban J connectivity index is 1.52. The third kappa shape index (κ3) is 3.09. The van der Waals surface area contributed by atoms with Gasteiger partial charge in [0.2, 0.25) is 0 Å². The first-order valence-electron chi connectivity index (χ1n) is 13.4. The average Bonchev–Trinajstić information content (AvgIpc) is 3.39. The van der Waals surface area contributed by atoms with Crippen LogP contribution < -0.4 is 0 Å². The molecule has 4 bridgehead atoms. The first-order chi connectivity index (χ1) is 17.9. The number of cyclic esters (lactones) is 1. The zero-order valence-electron chi connectivity index (χ0n) is 22.5. The number of aliphatic hydroxyl groups is 1. The van der Waals surface area contributed by atoms with Gasteiger partial charge >= 0.3 is 17.9 Å². The Morgan fingerprint density at radius 2 is 1.95 bits per heavy atom. The first-order valence-corrected chi connectivity index (χ1v) is 13.4. The highest BCUT2D eigenvalue weighted by molar-refractivity contribution is 5.73. The lowest BCUT2D eigenvalue weighted by atomic mass is 9.37. The van der Waals surface area contributed by atoms with Gasteiger partial charge in [-0.15, -0.1) is 0 Å². The van der Waals surface area contributed by atoms with Crippen LogP contribution in [0.5, 0.6) is 0 Å². The number of allylic oxidation sites excluding steroid dienone is 1. The van der Waals surface area contributed by atoms with Crippen LogP contribution in [0.15, 0.2) is 34.7 Å². The Morgan fingerprint density at radius 3 is 2.61 bits per heavy atom. The van der Waals surface area contributed by atoms with E-state index >= 15 is 0 Å². The number of rotatable bonds is 4. The van der Waals surface area contributed by atoms with Crippen LogP contribution in [-0.4, -0.2) is 48.6 Å². The van der Waals surface area contributed by atoms with Crippen molar-refractivity contribution in [3.8, 4) is 0 Å². The third-order valence-corrected chi connectivity index (χ3v) is 10.9. The zero-order valence-corrected chi connectivity index (χ0v) is 22.5. The summed E-state index contributed by atoms with van der Waals surface area (Å²) < 4.78 is 28.5. The van der Waals surface area contributed by atoms with E-state index in [1.54, 1.807) is 12.5 Å². The largest absolute Gasteiger partial charge is 0.472 e. The van der Waals surface area contributed by atoms with Gasteiger partial charge in [0.15, 0.2) is 5.79 Å². The van der Waals surface area contributed by atoms with E-state index in [0.29, 0.717) is 6.42 Å². The Kier molecular flexibility index (Phi) is 5.51. The van der Waals surface area contributed by atoms with Crippen molar-refractivity contribution in [3.05, 3.63) is 35.8 Å². The summed E-state index contributed by atoms with van der Waals surface area (Å²) >= 11 is 0. The van der Waals surface area contributed by atoms with Gasteiger partial charge in [-0.05, 0) is 36.7 Å². The highest BCUT2D eigenvalue weighted by atomic mass is 16.6. The molecule has 0 amide bonds. The summed E-state index contributed by atoms with van der Waals surface area (Å²) in [5, 5.41) is 12.3. The molecule has 206 valence electrons. The molecule has 3 saturated heterocycles. The molecule has 5 fully saturated rings. The quantitative estimate of drug-likeness (QED) is 0.354. The van der Waals surface area contributed by atoms with Crippen LogP contribution in [0, 0.1) is 39.9 Å². The summed E-state index contributed by atoms with van der Waals surface area (Å²) in [6.45, 7) is 7.65. The van der Waals surface area contributed by atoms with Crippen LogP contribution in [0.3, 0.4) is 0 Å². The maximum absolute atomic E-state index is 13.0. The predicted molar refractivity (Wildman–Crippen MR) is 131 cm³/mol. The van der Waals surface area contributed by atoms with Gasteiger partial charge in [-0.3, -0.25) is 14.4 Å². The van der Waals surface area contributed by atoms with Gasteiger partial charge in [0.1, 0.15) is 12.2 Å². The van der Waals surface area contributed by atoms with Gasteiger partial charge in [-0.1, -0.05) is 32.4 Å². The number of carbonyl (C=O) groups excluding carboxylic acids is 3. The van der Waals surface area contributed by atoms with Crippen LogP contribution in [0.1, 0.15) is 65.0 Å². The lowest BCUT2D eigenvalue weighted by molar-refractivity contribution is -0.428. The fourth-order valence-electron chi connectivity index (χ4n) is 9.11. The smallest absolute Gasteiger partial charge is 0.307 e. The first kappa shape index (κ1) is 25.6. The zero-order chi connectivity index (χ0) is 27.3. The molecule has 1 N–H and O–H groups in total. The summed E-state index contributed by atoms with van der Waals surface area (Å²) in [5.41, 5.74) is -0.129. The second-order valence-electron chi connectivity index (χ2n) is 12.6. The predicted octanol–water partition coefficient (Wildman–Crippen LogP) is 3.71. The molecule has 4 heterocycles. The minimum Gasteiger partial charge on any atom is -0.472 e. The van der Waals surface area contributed by atoms with E-state index in [0.717, 1.165) is 17.6 Å². The van der Waals surface area contributed by atoms with Gasteiger partial charge < -0.3 is 28.5 Å². The normalized spacial score (nSPS) is 46.8. The van der Waals surface area contributed by atoms with E-state index in [1.807, 2.05) is 26.0 Å². The molecular weight excluding hydrogens is 492 g/mol. The van der Waals surface area contributed by atoms with Crippen LogP contribution >= 0.6 is 0 Å². The molecule has 9 heteroatoms. The number of esters is 3. The number of hydrogen-bond donors (Lipinski definition) is 1. The van der Waals surface area contributed by atoms with Crippen LogP contribution in [-0.2, 0) is 33.3 Å². The lowest BCUT2D eigenvalue weighted by Crippen LogP contribution is -2.80. The van der Waals surface area contributed by atoms with Crippen LogP contribution in [0.25, 0.3) is 0 Å². The van der Waals surface area contributed by atoms with Crippen molar-refractivity contribution >= 4 is 17.9 Å². The van der Waals surface area contributed by atoms with Crippen molar-refractivity contribution in [2.75, 3.05) is 13.7 Å². The van der Waals surface area contributed by atoms with Crippen molar-refractivity contribution in [1.29, 1.82) is 0 Å². The number of methoxy groups -OCH3 is 1. The van der Waals surface area contributed by atoms with Gasteiger partial charge in [0.05, 0.1) is 38.6 Å². The Labute approximate surface area is 221 Å². The average molecular weight is 529 g/mol. The lowest BCUT2D eigenvalue weighted by Gasteiger charge is -2.73. The number of hydrogen-bond acceptors (Lipinski definition) is 9. The van der Waals surface area contributed by atoms with Crippen molar-refractivity contribution < 1.29 is 42.9 Å². The minimum absolute atomic E-state index is 0.0606. The topological polar surface area (TPSA) is 122 Å². The van der Waals surface area contributed by atoms with E-state index in [-0.39, 0.29) is 49.1 Å². The van der Waals surface area contributed by atoms with Gasteiger partial charge in [0.25, 0.3) is 0 Å². The maximum Gasteiger partial charge on any atom is 0.307 e. The number of ether oxygens (including phenoxy) is 4. The second kappa shape index (κ2) is 8.18. The molecule has 10 unspecified atom stereocenters. The molecule has 3 aliphatic heterocycles. The molecule has 1 aromatic heterocycles. The fraction of sp³-hybridized carbons (Fsp3) is 0.690. The second-order valence-corrected chi connectivity index (χ2v) is 12.6. The summed E-state index contributed by atoms with van der Waals surface area (Å²) in [7, 11) is 1.35. The number of carbonyl (C=O) groups is 3. The molecule has 2 saturated carbocycles. The van der Waals surface area contributed by atoms with Crippen LogP contribution in [0.4, 0.5) is 0 Å². The van der Waals surface area contributed by atoms with E-state index in [2.05, 4.69) is 6.92 Å². The van der Waals surface area contributed by atoms with Gasteiger partial charge in [-0.2, -0.15) is 0 Å². The molecule has 0 radical (unpaired) electrons. The monoisotopic (exact) mass is 528 g/mol. The summed E-state index contributed by atoms with van der Waals surface area (Å²) in [6, 6.07) is 1.84. The molecule has 9 nitrogen and oxygen atoms in total. The Hall–Kier alpha value is -2.65. The van der Waals surface area contributed by atoms with Crippen molar-refractivity contribution in [2.45, 2.75) is 71.4 Å². The molecule has 10 atom stereocenters. The fourth-order valence-corrected chi connectivity index (χ4v) is 9.11. The molecule has 1 aromatic rings. The maximum atomic E-state index is 13.0. The standard InChI is InChI=1S/C29H36O9/c1-15(30)37-25-20-10-17-18(28(4)21(12-22(31)34-5)27(25,3)14-36-29(20,28)33)6-8-26(2)19(17)11-23(32)38-24(26)16-7-9-35-13-16/h7,9-10,13,18-21,24-25,33H,6,8,11-12,14H2,1-5H3. The number of fused-ring (bicyclic) bond motifs is 4. The third-order valence-electron chi connectivity index (χ3n) is 10.9. The van der Waals surface area contributed by atoms with Gasteiger partial charge in [0, 0.05) is 35.2 Å². The molecule has 6 aliphatic rings. The Bertz CT molecular complexity index is 1200. The SMILES string of the molecule is COC(=O)CC1C2(C)COC3(O)C(C=C4C5CC(=O)OC(c6ccoc6)C5(C)CCC4C13C)C2OC(C)=O. The van der Waals surface area contributed by atoms with Crippen molar-refractivity contribution in [1.82, 2.24) is 0 Å². The van der Waals surface area contributed by atoms with Crippen molar-refractivity contribution in [3.63, 3.8) is 0 Å². The molecular formula is C29H36O9. The highest BCUT2D eigenvalue weighted by Crippen LogP contribution is 2.74. The summed E-state index contributed by atoms with van der Waals surface area (Å²) in [6.07, 6.45) is 5.80. The molecule has 0 spiro atoms. The van der Waals surface area contributed by atoms with E-state index in [4.69, 9.17) is 23.4 Å². The molecule has 38 heavy (non-hydrogen) atoms. The summed E-state index contributed by atoms with van der Waals surface area (Å²) in [5.74, 6) is -4.12. The molecule has 7 rings (SSSR count).